The average molecular weight is 232 g/mol. The highest BCUT2D eigenvalue weighted by Crippen LogP contribution is 2.37. The molecule has 2 unspecified atom stereocenters. The van der Waals surface area contributed by atoms with Crippen molar-refractivity contribution in [2.45, 2.75) is 17.5 Å². The summed E-state index contributed by atoms with van der Waals surface area (Å²) >= 11 is 7.78. The summed E-state index contributed by atoms with van der Waals surface area (Å²) in [6, 6.07) is 4.56. The highest BCUT2D eigenvalue weighted by atomic mass is 35.5. The molecule has 1 fully saturated rings. The van der Waals surface area contributed by atoms with Crippen molar-refractivity contribution in [1.29, 1.82) is 0 Å². The summed E-state index contributed by atoms with van der Waals surface area (Å²) in [5.74, 6) is -0.283. The van der Waals surface area contributed by atoms with Gasteiger partial charge in [0.05, 0.1) is 5.37 Å². The lowest BCUT2D eigenvalue weighted by atomic mass is 10.2. The van der Waals surface area contributed by atoms with E-state index in [1.807, 2.05) is 11.8 Å². The largest absolute Gasteiger partial charge is 0.300 e. The average Bonchev–Trinajstić information content (AvgIpc) is 2.51. The standard InChI is InChI=1S/C10H11ClFNS/c1-6-5-13-10(14-6)8-3-2-7(12)4-9(8)11/h2-4,6,10,13H,5H2,1H3. The summed E-state index contributed by atoms with van der Waals surface area (Å²) in [7, 11) is 0. The Morgan fingerprint density at radius 1 is 1.57 bits per heavy atom. The molecular formula is C10H11ClFNS. The molecule has 1 aromatic carbocycles. The van der Waals surface area contributed by atoms with Gasteiger partial charge in [-0.3, -0.25) is 0 Å². The Labute approximate surface area is 92.0 Å². The normalized spacial score (nSPS) is 26.8. The predicted octanol–water partition coefficient (Wildman–Crippen LogP) is 3.20. The van der Waals surface area contributed by atoms with Crippen molar-refractivity contribution >= 4 is 23.4 Å². The van der Waals surface area contributed by atoms with Gasteiger partial charge in [0.25, 0.3) is 0 Å². The zero-order valence-electron chi connectivity index (χ0n) is 7.76. The highest BCUT2D eigenvalue weighted by molar-refractivity contribution is 8.00. The smallest absolute Gasteiger partial charge is 0.124 e. The van der Waals surface area contributed by atoms with Gasteiger partial charge in [0, 0.05) is 16.8 Å². The number of nitrogens with one attached hydrogen (secondary N) is 1. The molecule has 1 nitrogen and oxygen atoms in total. The van der Waals surface area contributed by atoms with Gasteiger partial charge in [-0.2, -0.15) is 0 Å². The first-order valence-corrected chi connectivity index (χ1v) is 5.82. The maximum absolute atomic E-state index is 12.8. The minimum absolute atomic E-state index is 0.207. The molecule has 0 aromatic heterocycles. The number of benzene rings is 1. The fourth-order valence-electron chi connectivity index (χ4n) is 1.50. The minimum atomic E-state index is -0.283. The van der Waals surface area contributed by atoms with E-state index in [0.717, 1.165) is 12.1 Å². The lowest BCUT2D eigenvalue weighted by Gasteiger charge is -2.11. The summed E-state index contributed by atoms with van der Waals surface area (Å²) < 4.78 is 12.8. The molecule has 4 heteroatoms. The van der Waals surface area contributed by atoms with Crippen LogP contribution in [0.4, 0.5) is 4.39 Å². The Morgan fingerprint density at radius 3 is 2.93 bits per heavy atom. The Hall–Kier alpha value is -0.250. The molecule has 2 rings (SSSR count). The summed E-state index contributed by atoms with van der Waals surface area (Å²) in [6.45, 7) is 3.14. The minimum Gasteiger partial charge on any atom is -0.300 e. The van der Waals surface area contributed by atoms with E-state index >= 15 is 0 Å². The van der Waals surface area contributed by atoms with Crippen LogP contribution in [-0.4, -0.2) is 11.8 Å². The molecule has 76 valence electrons. The van der Waals surface area contributed by atoms with Gasteiger partial charge < -0.3 is 5.32 Å². The van der Waals surface area contributed by atoms with Gasteiger partial charge in [-0.15, -0.1) is 11.8 Å². The summed E-state index contributed by atoms with van der Waals surface area (Å²) in [5.41, 5.74) is 0.974. The van der Waals surface area contributed by atoms with Crippen molar-refractivity contribution in [3.05, 3.63) is 34.6 Å². The second kappa shape index (κ2) is 4.09. The molecule has 1 N–H and O–H groups in total. The van der Waals surface area contributed by atoms with Crippen LogP contribution >= 0.6 is 23.4 Å². The molecule has 1 saturated heterocycles. The van der Waals surface area contributed by atoms with Crippen LogP contribution in [0, 0.1) is 5.82 Å². The van der Waals surface area contributed by atoms with Crippen LogP contribution in [-0.2, 0) is 0 Å². The van der Waals surface area contributed by atoms with Crippen molar-refractivity contribution in [2.24, 2.45) is 0 Å². The van der Waals surface area contributed by atoms with Crippen LogP contribution in [0.5, 0.6) is 0 Å². The van der Waals surface area contributed by atoms with Crippen LogP contribution in [0.1, 0.15) is 17.9 Å². The van der Waals surface area contributed by atoms with Gasteiger partial charge in [-0.25, -0.2) is 4.39 Å². The first kappa shape index (κ1) is 10.3. The SMILES string of the molecule is CC1CNC(c2ccc(F)cc2Cl)S1. The number of hydrogen-bond donors (Lipinski definition) is 1. The quantitative estimate of drug-likeness (QED) is 0.797. The van der Waals surface area contributed by atoms with Crippen LogP contribution in [0.25, 0.3) is 0 Å². The zero-order chi connectivity index (χ0) is 10.1. The Bertz CT molecular complexity index is 345. The molecule has 1 aromatic rings. The topological polar surface area (TPSA) is 12.0 Å². The van der Waals surface area contributed by atoms with Gasteiger partial charge in [-0.1, -0.05) is 24.6 Å². The van der Waals surface area contributed by atoms with Crippen molar-refractivity contribution in [3.63, 3.8) is 0 Å². The monoisotopic (exact) mass is 231 g/mol. The molecule has 14 heavy (non-hydrogen) atoms. The fourth-order valence-corrected chi connectivity index (χ4v) is 3.04. The number of hydrogen-bond acceptors (Lipinski definition) is 2. The third-order valence-corrected chi connectivity index (χ3v) is 3.86. The first-order valence-electron chi connectivity index (χ1n) is 4.50. The van der Waals surface area contributed by atoms with Crippen molar-refractivity contribution < 1.29 is 4.39 Å². The molecular weight excluding hydrogens is 221 g/mol. The highest BCUT2D eigenvalue weighted by Gasteiger charge is 2.24. The molecule has 1 aliphatic heterocycles. The Kier molecular flexibility index (Phi) is 3.00. The summed E-state index contributed by atoms with van der Waals surface area (Å²) in [5, 5.41) is 4.63. The van der Waals surface area contributed by atoms with Crippen molar-refractivity contribution in [1.82, 2.24) is 5.32 Å². The van der Waals surface area contributed by atoms with E-state index in [1.54, 1.807) is 6.07 Å². The van der Waals surface area contributed by atoms with E-state index in [0.29, 0.717) is 10.3 Å². The molecule has 0 bridgehead atoms. The number of rotatable bonds is 1. The Morgan fingerprint density at radius 2 is 2.36 bits per heavy atom. The lowest BCUT2D eigenvalue weighted by molar-refractivity contribution is 0.625. The van der Waals surface area contributed by atoms with Gasteiger partial charge in [0.2, 0.25) is 0 Å². The number of thioether (sulfide) groups is 1. The van der Waals surface area contributed by atoms with Crippen LogP contribution < -0.4 is 5.32 Å². The van der Waals surface area contributed by atoms with Gasteiger partial charge in [-0.05, 0) is 17.7 Å². The van der Waals surface area contributed by atoms with E-state index in [4.69, 9.17) is 11.6 Å². The van der Waals surface area contributed by atoms with Gasteiger partial charge >= 0.3 is 0 Å². The molecule has 1 aliphatic rings. The maximum atomic E-state index is 12.8. The fraction of sp³-hybridized carbons (Fsp3) is 0.400. The van der Waals surface area contributed by atoms with Crippen molar-refractivity contribution in [2.75, 3.05) is 6.54 Å². The first-order chi connectivity index (χ1) is 6.66. The van der Waals surface area contributed by atoms with Crippen LogP contribution in [0.15, 0.2) is 18.2 Å². The molecule has 0 spiro atoms. The zero-order valence-corrected chi connectivity index (χ0v) is 9.33. The van der Waals surface area contributed by atoms with E-state index in [2.05, 4.69) is 12.2 Å². The van der Waals surface area contributed by atoms with E-state index in [9.17, 15) is 4.39 Å². The van der Waals surface area contributed by atoms with Crippen molar-refractivity contribution in [3.8, 4) is 0 Å². The van der Waals surface area contributed by atoms with Crippen LogP contribution in [0.2, 0.25) is 5.02 Å². The summed E-state index contributed by atoms with van der Waals surface area (Å²) in [6.07, 6.45) is 0. The maximum Gasteiger partial charge on any atom is 0.124 e. The third kappa shape index (κ3) is 2.05. The Balaban J connectivity index is 2.24. The second-order valence-electron chi connectivity index (χ2n) is 3.40. The van der Waals surface area contributed by atoms with Gasteiger partial charge in [0.15, 0.2) is 0 Å². The van der Waals surface area contributed by atoms with E-state index < -0.39 is 0 Å². The van der Waals surface area contributed by atoms with Crippen LogP contribution in [0.3, 0.4) is 0 Å². The lowest BCUT2D eigenvalue weighted by Crippen LogP contribution is -2.14. The predicted molar refractivity (Wildman–Crippen MR) is 59.2 cm³/mol. The molecule has 1 heterocycles. The number of halogens is 2. The van der Waals surface area contributed by atoms with E-state index in [1.165, 1.54) is 12.1 Å². The van der Waals surface area contributed by atoms with Gasteiger partial charge in [0.1, 0.15) is 5.82 Å². The molecule has 0 saturated carbocycles. The molecule has 2 atom stereocenters. The second-order valence-corrected chi connectivity index (χ2v) is 5.36. The molecule has 0 radical (unpaired) electrons. The molecule has 0 amide bonds. The summed E-state index contributed by atoms with van der Waals surface area (Å²) in [4.78, 5) is 0. The molecule has 0 aliphatic carbocycles. The third-order valence-electron chi connectivity index (χ3n) is 2.20. The van der Waals surface area contributed by atoms with E-state index in [-0.39, 0.29) is 11.2 Å².